The fraction of sp³-hybridized carbons (Fsp3) is 0.286. The first-order valence-electron chi connectivity index (χ1n) is 5.79. The van der Waals surface area contributed by atoms with Crippen molar-refractivity contribution in [1.29, 1.82) is 10.5 Å². The first-order valence-corrected chi connectivity index (χ1v) is 5.79. The largest absolute Gasteiger partial charge is 0.294 e. The summed E-state index contributed by atoms with van der Waals surface area (Å²) in [6.45, 7) is 1.91. The molecule has 19 heavy (non-hydrogen) atoms. The standard InChI is InChI=1S/C14H11N3O2/c1-8-2-4-9(5-3-8)12-10(6-15)13(18)17-14(19)11(12)7-16/h2-5,10-12H,1H3,(H,17,18,19)/t10-,11-/m1/s1. The van der Waals surface area contributed by atoms with Gasteiger partial charge >= 0.3 is 0 Å². The molecule has 1 fully saturated rings. The first-order chi connectivity index (χ1) is 9.08. The highest BCUT2D eigenvalue weighted by Gasteiger charge is 2.45. The van der Waals surface area contributed by atoms with Gasteiger partial charge in [-0.25, -0.2) is 0 Å². The van der Waals surface area contributed by atoms with Crippen LogP contribution in [0.15, 0.2) is 24.3 Å². The van der Waals surface area contributed by atoms with Crippen molar-refractivity contribution in [3.63, 3.8) is 0 Å². The number of piperidine rings is 1. The van der Waals surface area contributed by atoms with Crippen LogP contribution < -0.4 is 5.32 Å². The van der Waals surface area contributed by atoms with Gasteiger partial charge in [0.15, 0.2) is 0 Å². The summed E-state index contributed by atoms with van der Waals surface area (Å²) in [6, 6.07) is 10.9. The maximum atomic E-state index is 11.7. The Morgan fingerprint density at radius 2 is 1.47 bits per heavy atom. The molecule has 1 aliphatic rings. The lowest BCUT2D eigenvalue weighted by Crippen LogP contribution is -2.49. The molecule has 0 aliphatic carbocycles. The Bertz CT molecular complexity index is 575. The van der Waals surface area contributed by atoms with E-state index in [1.807, 2.05) is 31.2 Å². The van der Waals surface area contributed by atoms with Crippen molar-refractivity contribution >= 4 is 11.8 Å². The molecule has 94 valence electrons. The molecule has 5 nitrogen and oxygen atoms in total. The molecule has 0 unspecified atom stereocenters. The highest BCUT2D eigenvalue weighted by molar-refractivity contribution is 6.03. The van der Waals surface area contributed by atoms with E-state index in [2.05, 4.69) is 5.32 Å². The molecule has 0 spiro atoms. The second-order valence-electron chi connectivity index (χ2n) is 4.50. The van der Waals surface area contributed by atoms with Crippen molar-refractivity contribution in [2.24, 2.45) is 11.8 Å². The molecule has 1 saturated heterocycles. The number of benzene rings is 1. The number of imide groups is 1. The number of aryl methyl sites for hydroxylation is 1. The number of hydrogen-bond donors (Lipinski definition) is 1. The SMILES string of the molecule is Cc1ccc(C2[C@@H](C#N)C(=O)NC(=O)[C@@H]2C#N)cc1. The second kappa shape index (κ2) is 4.91. The molecule has 1 aromatic carbocycles. The Morgan fingerprint density at radius 1 is 1.00 bits per heavy atom. The van der Waals surface area contributed by atoms with E-state index in [9.17, 15) is 9.59 Å². The van der Waals surface area contributed by atoms with Crippen LogP contribution in [0.25, 0.3) is 0 Å². The van der Waals surface area contributed by atoms with Gasteiger partial charge in [-0.05, 0) is 12.5 Å². The number of nitrogens with zero attached hydrogens (tertiary/aromatic N) is 2. The van der Waals surface area contributed by atoms with Gasteiger partial charge in [-0.1, -0.05) is 29.8 Å². The number of carbonyl (C=O) groups is 2. The maximum absolute atomic E-state index is 11.7. The molecule has 2 amide bonds. The van der Waals surface area contributed by atoms with E-state index in [1.54, 1.807) is 12.1 Å². The van der Waals surface area contributed by atoms with Gasteiger partial charge in [-0.2, -0.15) is 10.5 Å². The van der Waals surface area contributed by atoms with Gasteiger partial charge in [-0.15, -0.1) is 0 Å². The van der Waals surface area contributed by atoms with E-state index in [0.29, 0.717) is 5.56 Å². The monoisotopic (exact) mass is 253 g/mol. The predicted molar refractivity (Wildman–Crippen MR) is 65.3 cm³/mol. The van der Waals surface area contributed by atoms with Gasteiger partial charge in [0.1, 0.15) is 11.8 Å². The highest BCUT2D eigenvalue weighted by Crippen LogP contribution is 2.35. The molecule has 0 aromatic heterocycles. The zero-order valence-electron chi connectivity index (χ0n) is 10.3. The summed E-state index contributed by atoms with van der Waals surface area (Å²) in [4.78, 5) is 23.4. The normalized spacial score (nSPS) is 23.3. The van der Waals surface area contributed by atoms with Gasteiger partial charge in [-0.3, -0.25) is 14.9 Å². The Labute approximate surface area is 110 Å². The summed E-state index contributed by atoms with van der Waals surface area (Å²) in [6.07, 6.45) is 0. The lowest BCUT2D eigenvalue weighted by molar-refractivity contribution is -0.137. The summed E-state index contributed by atoms with van der Waals surface area (Å²) in [5, 5.41) is 20.3. The van der Waals surface area contributed by atoms with Crippen molar-refractivity contribution in [2.75, 3.05) is 0 Å². The molecule has 5 heteroatoms. The van der Waals surface area contributed by atoms with E-state index in [4.69, 9.17) is 10.5 Å². The van der Waals surface area contributed by atoms with Crippen LogP contribution >= 0.6 is 0 Å². The van der Waals surface area contributed by atoms with E-state index in [1.165, 1.54) is 0 Å². The number of carbonyl (C=O) groups excluding carboxylic acids is 2. The average Bonchev–Trinajstić information content (AvgIpc) is 2.39. The molecule has 1 aliphatic heterocycles. The molecule has 0 bridgehead atoms. The van der Waals surface area contributed by atoms with Crippen LogP contribution in [0.5, 0.6) is 0 Å². The van der Waals surface area contributed by atoms with Crippen LogP contribution in [0.2, 0.25) is 0 Å². The van der Waals surface area contributed by atoms with Crippen molar-refractivity contribution < 1.29 is 9.59 Å². The Balaban J connectivity index is 2.50. The zero-order valence-corrected chi connectivity index (χ0v) is 10.3. The molecule has 1 N–H and O–H groups in total. The number of hydrogen-bond acceptors (Lipinski definition) is 4. The van der Waals surface area contributed by atoms with Gasteiger partial charge < -0.3 is 0 Å². The van der Waals surface area contributed by atoms with Crippen molar-refractivity contribution in [3.05, 3.63) is 35.4 Å². The zero-order chi connectivity index (χ0) is 14.0. The van der Waals surface area contributed by atoms with Crippen LogP contribution in [0.1, 0.15) is 17.0 Å². The fourth-order valence-electron chi connectivity index (χ4n) is 2.25. The molecule has 2 rings (SSSR count). The topological polar surface area (TPSA) is 93.8 Å². The number of nitrogens with one attached hydrogen (secondary N) is 1. The third-order valence-electron chi connectivity index (χ3n) is 3.27. The summed E-state index contributed by atoms with van der Waals surface area (Å²) < 4.78 is 0. The summed E-state index contributed by atoms with van der Waals surface area (Å²) in [5.41, 5.74) is 1.68. The van der Waals surface area contributed by atoms with Gasteiger partial charge in [0.05, 0.1) is 12.1 Å². The van der Waals surface area contributed by atoms with E-state index in [0.717, 1.165) is 5.56 Å². The molecule has 1 heterocycles. The van der Waals surface area contributed by atoms with Gasteiger partial charge in [0.2, 0.25) is 11.8 Å². The van der Waals surface area contributed by atoms with E-state index >= 15 is 0 Å². The van der Waals surface area contributed by atoms with Crippen LogP contribution in [0, 0.1) is 41.4 Å². The van der Waals surface area contributed by atoms with Crippen molar-refractivity contribution in [1.82, 2.24) is 5.32 Å². The lowest BCUT2D eigenvalue weighted by Gasteiger charge is -2.29. The quantitative estimate of drug-likeness (QED) is 0.756. The summed E-state index contributed by atoms with van der Waals surface area (Å²) >= 11 is 0. The molecular formula is C14H11N3O2. The molecule has 0 radical (unpaired) electrons. The van der Waals surface area contributed by atoms with Gasteiger partial charge in [0.25, 0.3) is 0 Å². The molecular weight excluding hydrogens is 242 g/mol. The maximum Gasteiger partial charge on any atom is 0.244 e. The Kier molecular flexibility index (Phi) is 3.31. The Hall–Kier alpha value is -2.66. The van der Waals surface area contributed by atoms with Crippen molar-refractivity contribution in [3.8, 4) is 12.1 Å². The number of rotatable bonds is 1. The third kappa shape index (κ3) is 2.19. The third-order valence-corrected chi connectivity index (χ3v) is 3.27. The van der Waals surface area contributed by atoms with Crippen LogP contribution in [-0.2, 0) is 9.59 Å². The average molecular weight is 253 g/mol. The fourth-order valence-corrected chi connectivity index (χ4v) is 2.25. The number of amides is 2. The lowest BCUT2D eigenvalue weighted by atomic mass is 9.74. The molecule has 0 saturated carbocycles. The van der Waals surface area contributed by atoms with Crippen LogP contribution in [0.3, 0.4) is 0 Å². The summed E-state index contributed by atoms with van der Waals surface area (Å²) in [5.74, 6) is -4.03. The van der Waals surface area contributed by atoms with Gasteiger partial charge in [0, 0.05) is 5.92 Å². The van der Waals surface area contributed by atoms with Crippen LogP contribution in [-0.4, -0.2) is 11.8 Å². The minimum atomic E-state index is -1.02. The minimum absolute atomic E-state index is 0.635. The summed E-state index contributed by atoms with van der Waals surface area (Å²) in [7, 11) is 0. The van der Waals surface area contributed by atoms with Crippen molar-refractivity contribution in [2.45, 2.75) is 12.8 Å². The first kappa shape index (κ1) is 12.8. The number of nitriles is 2. The smallest absolute Gasteiger partial charge is 0.244 e. The molecule has 1 aromatic rings. The van der Waals surface area contributed by atoms with E-state index in [-0.39, 0.29) is 0 Å². The molecule has 2 atom stereocenters. The predicted octanol–water partition coefficient (Wildman–Crippen LogP) is 1.01. The second-order valence-corrected chi connectivity index (χ2v) is 4.50. The highest BCUT2D eigenvalue weighted by atomic mass is 16.2. The minimum Gasteiger partial charge on any atom is -0.294 e. The van der Waals surface area contributed by atoms with E-state index < -0.39 is 29.6 Å². The van der Waals surface area contributed by atoms with Crippen LogP contribution in [0.4, 0.5) is 0 Å². The Morgan fingerprint density at radius 3 is 1.89 bits per heavy atom.